The Balaban J connectivity index is 1.86. The molecule has 3 N–H and O–H groups in total. The molecule has 3 atom stereocenters. The van der Waals surface area contributed by atoms with Crippen molar-refractivity contribution in [3.05, 3.63) is 99.6 Å². The van der Waals surface area contributed by atoms with E-state index in [0.29, 0.717) is 12.0 Å². The summed E-state index contributed by atoms with van der Waals surface area (Å²) in [5.74, 6) is -1.32. The van der Waals surface area contributed by atoms with Gasteiger partial charge in [-0.15, -0.1) is 0 Å². The van der Waals surface area contributed by atoms with Gasteiger partial charge in [0.15, 0.2) is 0 Å². The Morgan fingerprint density at radius 2 is 1.68 bits per heavy atom. The molecule has 3 aromatic carbocycles. The van der Waals surface area contributed by atoms with Crippen LogP contribution in [0.4, 0.5) is 0 Å². The molecule has 0 heterocycles. The summed E-state index contributed by atoms with van der Waals surface area (Å²) in [6.45, 7) is 7.23. The molecule has 3 aromatic rings. The van der Waals surface area contributed by atoms with Crippen LogP contribution in [0.15, 0.2) is 60.7 Å². The second-order valence-corrected chi connectivity index (χ2v) is 10.4. The van der Waals surface area contributed by atoms with Gasteiger partial charge in [-0.25, -0.2) is 4.79 Å². The summed E-state index contributed by atoms with van der Waals surface area (Å²) in [6, 6.07) is 16.8. The molecule has 0 spiro atoms. The molecule has 37 heavy (non-hydrogen) atoms. The first-order valence-corrected chi connectivity index (χ1v) is 13.0. The number of nitrogens with one attached hydrogen (secondary N) is 1. The highest BCUT2D eigenvalue weighted by molar-refractivity contribution is 7.25. The molecule has 0 saturated heterocycles. The largest absolute Gasteiger partial charge is 0.507 e. The Morgan fingerprint density at radius 3 is 2.27 bits per heavy atom. The van der Waals surface area contributed by atoms with Gasteiger partial charge in [0.05, 0.1) is 12.2 Å². The molecule has 0 aromatic heterocycles. The van der Waals surface area contributed by atoms with Crippen LogP contribution in [0.1, 0.15) is 57.6 Å². The van der Waals surface area contributed by atoms with Crippen LogP contribution < -0.4 is 5.32 Å². The van der Waals surface area contributed by atoms with Crippen LogP contribution in [-0.2, 0) is 32.3 Å². The lowest BCUT2D eigenvalue weighted by Crippen LogP contribution is -2.43. The molecule has 1 amide bonds. The molecule has 0 saturated carbocycles. The molecule has 7 nitrogen and oxygen atoms in total. The number of carbonyl (C=O) groups is 2. The normalized spacial score (nSPS) is 13.5. The molecule has 0 radical (unpaired) electrons. The van der Waals surface area contributed by atoms with E-state index in [4.69, 9.17) is 4.74 Å². The van der Waals surface area contributed by atoms with E-state index in [9.17, 15) is 24.4 Å². The Kier molecular flexibility index (Phi) is 9.19. The van der Waals surface area contributed by atoms with Crippen molar-refractivity contribution in [1.82, 2.24) is 5.32 Å². The lowest BCUT2D eigenvalue weighted by atomic mass is 9.92. The minimum Gasteiger partial charge on any atom is -0.507 e. The van der Waals surface area contributed by atoms with Crippen LogP contribution in [0.5, 0.6) is 5.75 Å². The van der Waals surface area contributed by atoms with Gasteiger partial charge in [0.1, 0.15) is 11.8 Å². The summed E-state index contributed by atoms with van der Waals surface area (Å²) < 4.78 is 16.6. The molecule has 0 aliphatic heterocycles. The van der Waals surface area contributed by atoms with Crippen molar-refractivity contribution in [1.29, 1.82) is 0 Å². The first kappa shape index (κ1) is 28.0. The summed E-state index contributed by atoms with van der Waals surface area (Å²) >= 11 is 0. The van der Waals surface area contributed by atoms with Crippen molar-refractivity contribution in [2.24, 2.45) is 0 Å². The molecule has 3 unspecified atom stereocenters. The standard InChI is InChI=1S/C29H32NO6P/c1-5-36-28(33)25(17-20-9-7-6-8-10-20)30-27(32)24-16-21(11-12-26(24)31)15-23-18(2)13-22(14-19(23)3)29(4,34)37-35/h6-14,16,25,31,34H,5,15,17H2,1-4H3,(H,30,32)/p+1. The van der Waals surface area contributed by atoms with Gasteiger partial charge in [0, 0.05) is 18.9 Å². The minimum atomic E-state index is -1.42. The number of hydrogen-bond acceptors (Lipinski definition) is 6. The Labute approximate surface area is 218 Å². The number of amides is 1. The molecule has 0 fully saturated rings. The van der Waals surface area contributed by atoms with E-state index in [1.165, 1.54) is 13.0 Å². The number of aromatic hydroxyl groups is 1. The van der Waals surface area contributed by atoms with E-state index >= 15 is 0 Å². The highest BCUT2D eigenvalue weighted by Crippen LogP contribution is 2.34. The van der Waals surface area contributed by atoms with Crippen molar-refractivity contribution in [3.8, 4) is 5.75 Å². The first-order chi connectivity index (χ1) is 17.6. The first-order valence-electron chi connectivity index (χ1n) is 12.1. The fourth-order valence-electron chi connectivity index (χ4n) is 4.21. The number of aliphatic hydroxyl groups is 1. The van der Waals surface area contributed by atoms with Crippen LogP contribution in [0, 0.1) is 13.8 Å². The predicted octanol–water partition coefficient (Wildman–Crippen LogP) is 4.69. The third kappa shape index (κ3) is 7.03. The second kappa shape index (κ2) is 12.1. The molecular formula is C29H33NO6P+. The van der Waals surface area contributed by atoms with Crippen LogP contribution in [0.3, 0.4) is 0 Å². The predicted molar refractivity (Wildman–Crippen MR) is 143 cm³/mol. The number of benzene rings is 3. The molecule has 8 heteroatoms. The highest BCUT2D eigenvalue weighted by Gasteiger charge is 2.32. The average Bonchev–Trinajstić information content (AvgIpc) is 2.87. The molecule has 3 rings (SSSR count). The van der Waals surface area contributed by atoms with Crippen LogP contribution in [0.2, 0.25) is 0 Å². The van der Waals surface area contributed by atoms with Gasteiger partial charge in [-0.1, -0.05) is 41.0 Å². The van der Waals surface area contributed by atoms with E-state index in [1.54, 1.807) is 19.1 Å². The van der Waals surface area contributed by atoms with Crippen molar-refractivity contribution < 1.29 is 29.1 Å². The third-order valence-corrected chi connectivity index (χ3v) is 6.99. The summed E-state index contributed by atoms with van der Waals surface area (Å²) in [5.41, 5.74) is 5.12. The van der Waals surface area contributed by atoms with Crippen LogP contribution in [0.25, 0.3) is 0 Å². The summed E-state index contributed by atoms with van der Waals surface area (Å²) in [4.78, 5) is 25.7. The van der Waals surface area contributed by atoms with Gasteiger partial charge >= 0.3 is 14.4 Å². The summed E-state index contributed by atoms with van der Waals surface area (Å²) in [7, 11) is -0.895. The zero-order chi connectivity index (χ0) is 27.2. The van der Waals surface area contributed by atoms with Crippen molar-refractivity contribution in [2.75, 3.05) is 6.61 Å². The summed E-state index contributed by atoms with van der Waals surface area (Å²) in [6.07, 6.45) is 0.732. The maximum Gasteiger partial charge on any atom is 0.364 e. The number of aryl methyl sites for hydroxylation is 2. The van der Waals surface area contributed by atoms with Crippen molar-refractivity contribution in [2.45, 2.75) is 51.9 Å². The zero-order valence-corrected chi connectivity index (χ0v) is 22.5. The fraction of sp³-hybridized carbons (Fsp3) is 0.310. The quantitative estimate of drug-likeness (QED) is 0.263. The molecule has 0 aliphatic carbocycles. The Hall–Kier alpha value is -3.54. The topological polar surface area (TPSA) is 113 Å². The number of phenols is 1. The van der Waals surface area contributed by atoms with Gasteiger partial charge in [0.25, 0.3) is 11.2 Å². The molecule has 0 aliphatic rings. The lowest BCUT2D eigenvalue weighted by molar-refractivity contribution is -0.145. The van der Waals surface area contributed by atoms with Crippen LogP contribution >= 0.6 is 8.46 Å². The van der Waals surface area contributed by atoms with E-state index in [2.05, 4.69) is 5.32 Å². The van der Waals surface area contributed by atoms with E-state index in [1.807, 2.05) is 56.3 Å². The number of esters is 1. The Morgan fingerprint density at radius 1 is 1.03 bits per heavy atom. The number of carbonyl (C=O) groups excluding carboxylic acids is 2. The third-order valence-electron chi connectivity index (χ3n) is 6.30. The van der Waals surface area contributed by atoms with Gasteiger partial charge in [-0.3, -0.25) is 4.79 Å². The van der Waals surface area contributed by atoms with E-state index in [0.717, 1.165) is 27.8 Å². The maximum absolute atomic E-state index is 13.2. The van der Waals surface area contributed by atoms with Crippen LogP contribution in [-0.4, -0.2) is 34.7 Å². The number of rotatable bonds is 10. The Bertz CT molecular complexity index is 1270. The minimum absolute atomic E-state index is 0.0577. The van der Waals surface area contributed by atoms with E-state index < -0.39 is 31.7 Å². The zero-order valence-electron chi connectivity index (χ0n) is 21.5. The smallest absolute Gasteiger partial charge is 0.364 e. The molecule has 194 valence electrons. The van der Waals surface area contributed by atoms with Crippen molar-refractivity contribution >= 4 is 20.3 Å². The number of ether oxygens (including phenoxy) is 1. The van der Waals surface area contributed by atoms with Gasteiger partial charge in [-0.05, 0) is 79.3 Å². The average molecular weight is 523 g/mol. The van der Waals surface area contributed by atoms with Gasteiger partial charge < -0.3 is 20.3 Å². The molecular weight excluding hydrogens is 489 g/mol. The number of hydrogen-bond donors (Lipinski definition) is 3. The maximum atomic E-state index is 13.2. The molecule has 0 bridgehead atoms. The number of phenolic OH excluding ortho intramolecular Hbond substituents is 1. The lowest BCUT2D eigenvalue weighted by Gasteiger charge is -2.19. The van der Waals surface area contributed by atoms with Gasteiger partial charge in [-0.2, -0.15) is 0 Å². The van der Waals surface area contributed by atoms with E-state index in [-0.39, 0.29) is 24.3 Å². The second-order valence-electron chi connectivity index (χ2n) is 9.26. The van der Waals surface area contributed by atoms with Crippen molar-refractivity contribution in [3.63, 3.8) is 0 Å². The summed E-state index contributed by atoms with van der Waals surface area (Å²) in [5, 5.41) is 22.1. The fourth-order valence-corrected chi connectivity index (χ4v) is 4.48. The van der Waals surface area contributed by atoms with Gasteiger partial charge in [0.2, 0.25) is 0 Å². The monoisotopic (exact) mass is 522 g/mol. The SMILES string of the molecule is CCOC(=O)C(Cc1ccccc1)NC(=O)c1cc(Cc2c(C)cc(C(C)(O)[PH+]=O)cc2C)ccc1O. The highest BCUT2D eigenvalue weighted by atomic mass is 31.1.